The molecule has 0 spiro atoms. The molecule has 2 aliphatic rings. The molecule has 0 bridgehead atoms. The molecule has 0 aromatic rings. The lowest BCUT2D eigenvalue weighted by Gasteiger charge is -2.28. The van der Waals surface area contributed by atoms with E-state index in [-0.39, 0.29) is 6.61 Å². The van der Waals surface area contributed by atoms with Gasteiger partial charge in [-0.2, -0.15) is 23.5 Å². The van der Waals surface area contributed by atoms with Crippen LogP contribution in [0.15, 0.2) is 0 Å². The highest BCUT2D eigenvalue weighted by Gasteiger charge is 2.28. The highest BCUT2D eigenvalue weighted by atomic mass is 32.2. The van der Waals surface area contributed by atoms with Crippen molar-refractivity contribution in [1.82, 2.24) is 9.80 Å². The summed E-state index contributed by atoms with van der Waals surface area (Å²) in [7, 11) is 4.32. The molecule has 5 heteroatoms. The lowest BCUT2D eigenvalue weighted by atomic mass is 10.1. The first kappa shape index (κ1) is 19.5. The Hall–Kier alpha value is 0.140. The fourth-order valence-corrected chi connectivity index (χ4v) is 6.22. The average molecular weight is 357 g/mol. The number of aliphatic hydroxyl groups is 1. The van der Waals surface area contributed by atoms with Crippen LogP contribution in [0.1, 0.15) is 26.2 Å². The largest absolute Gasteiger partial charge is 0.384 e. The molecular weight excluding hydrogens is 324 g/mol. The van der Waals surface area contributed by atoms with Crippen molar-refractivity contribution >= 4 is 23.5 Å². The van der Waals surface area contributed by atoms with Crippen LogP contribution < -0.4 is 0 Å². The second kappa shape index (κ2) is 10.2. The third-order valence-electron chi connectivity index (χ3n) is 4.57. The number of likely N-dealkylation sites (N-methyl/N-ethyl adjacent to an activating group) is 1. The summed E-state index contributed by atoms with van der Waals surface area (Å²) in [6, 6.07) is 0. The molecule has 0 radical (unpaired) electrons. The van der Waals surface area contributed by atoms with Gasteiger partial charge in [-0.25, -0.2) is 0 Å². The first-order valence-corrected chi connectivity index (χ1v) is 10.8. The summed E-state index contributed by atoms with van der Waals surface area (Å²) in [5.74, 6) is 7.66. The number of rotatable bonds is 7. The lowest BCUT2D eigenvalue weighted by Crippen LogP contribution is -2.39. The van der Waals surface area contributed by atoms with Gasteiger partial charge in [0.05, 0.1) is 0 Å². The van der Waals surface area contributed by atoms with Gasteiger partial charge in [-0.15, -0.1) is 0 Å². The van der Waals surface area contributed by atoms with Crippen LogP contribution in [0.25, 0.3) is 0 Å². The number of hydrogen-bond acceptors (Lipinski definition) is 5. The maximum Gasteiger partial charge on any atom is 0.104 e. The molecule has 0 saturated carbocycles. The van der Waals surface area contributed by atoms with Crippen molar-refractivity contribution in [3.8, 4) is 11.8 Å². The fraction of sp³-hybridized carbons (Fsp3) is 0.889. The molecule has 2 saturated heterocycles. The zero-order valence-corrected chi connectivity index (χ0v) is 16.5. The van der Waals surface area contributed by atoms with E-state index in [1.807, 2.05) is 0 Å². The van der Waals surface area contributed by atoms with Gasteiger partial charge in [0.15, 0.2) is 0 Å². The highest BCUT2D eigenvalue weighted by molar-refractivity contribution is 8.00. The zero-order valence-electron chi connectivity index (χ0n) is 14.8. The van der Waals surface area contributed by atoms with Gasteiger partial charge in [-0.05, 0) is 33.4 Å². The quantitative estimate of drug-likeness (QED) is 0.706. The molecule has 3 nitrogen and oxygen atoms in total. The van der Waals surface area contributed by atoms with Gasteiger partial charge in [0.25, 0.3) is 0 Å². The molecule has 0 aliphatic carbocycles. The molecule has 2 aliphatic heterocycles. The van der Waals surface area contributed by atoms with Crippen molar-refractivity contribution in [1.29, 1.82) is 0 Å². The number of thioether (sulfide) groups is 2. The standard InChI is InChI=1S/C18H32N2OS2/c1-15-6-7-17(23-15)12-20(9-8-19(2)3)13-18-11-16(14-22-18)5-4-10-21/h15-18,21H,6-14H2,1-3H3. The van der Waals surface area contributed by atoms with E-state index in [2.05, 4.69) is 66.2 Å². The van der Waals surface area contributed by atoms with E-state index in [4.69, 9.17) is 5.11 Å². The summed E-state index contributed by atoms with van der Waals surface area (Å²) in [4.78, 5) is 4.98. The minimum atomic E-state index is -0.00210. The molecule has 2 fully saturated rings. The van der Waals surface area contributed by atoms with Gasteiger partial charge in [0.1, 0.15) is 6.61 Å². The first-order valence-electron chi connectivity index (χ1n) is 8.80. The topological polar surface area (TPSA) is 26.7 Å². The van der Waals surface area contributed by atoms with Crippen molar-refractivity contribution in [2.75, 3.05) is 52.6 Å². The lowest BCUT2D eigenvalue weighted by molar-refractivity contribution is 0.239. The minimum absolute atomic E-state index is 0.00210. The van der Waals surface area contributed by atoms with Crippen LogP contribution in [-0.4, -0.2) is 83.3 Å². The van der Waals surface area contributed by atoms with Crippen molar-refractivity contribution in [3.05, 3.63) is 0 Å². The van der Waals surface area contributed by atoms with Crippen LogP contribution in [0.4, 0.5) is 0 Å². The Kier molecular flexibility index (Phi) is 8.64. The van der Waals surface area contributed by atoms with E-state index in [9.17, 15) is 0 Å². The van der Waals surface area contributed by atoms with Gasteiger partial charge < -0.3 is 10.0 Å². The maximum absolute atomic E-state index is 8.84. The molecule has 0 amide bonds. The van der Waals surface area contributed by atoms with Gasteiger partial charge in [0.2, 0.25) is 0 Å². The molecule has 4 unspecified atom stereocenters. The molecule has 0 aromatic heterocycles. The van der Waals surface area contributed by atoms with Gasteiger partial charge in [-0.1, -0.05) is 18.8 Å². The normalized spacial score (nSPS) is 30.9. The van der Waals surface area contributed by atoms with E-state index in [0.29, 0.717) is 11.2 Å². The van der Waals surface area contributed by atoms with Crippen LogP contribution in [-0.2, 0) is 0 Å². The second-order valence-corrected chi connectivity index (χ2v) is 10.2. The molecule has 2 rings (SSSR count). The highest BCUT2D eigenvalue weighted by Crippen LogP contribution is 2.35. The van der Waals surface area contributed by atoms with Crippen molar-refractivity contribution in [2.45, 2.75) is 41.9 Å². The zero-order chi connectivity index (χ0) is 16.7. The van der Waals surface area contributed by atoms with E-state index in [1.54, 1.807) is 0 Å². The Bertz CT molecular complexity index is 408. The Balaban J connectivity index is 1.81. The van der Waals surface area contributed by atoms with Gasteiger partial charge in [-0.3, -0.25) is 4.90 Å². The van der Waals surface area contributed by atoms with Crippen LogP contribution in [0.3, 0.4) is 0 Å². The number of nitrogens with zero attached hydrogens (tertiary/aromatic N) is 2. The summed E-state index contributed by atoms with van der Waals surface area (Å²) >= 11 is 4.26. The molecule has 2 heterocycles. The van der Waals surface area contributed by atoms with Crippen LogP contribution in [0.5, 0.6) is 0 Å². The third kappa shape index (κ3) is 7.27. The first-order chi connectivity index (χ1) is 11.1. The van der Waals surface area contributed by atoms with E-state index in [1.165, 1.54) is 38.9 Å². The summed E-state index contributed by atoms with van der Waals surface area (Å²) in [6.45, 7) is 7.11. The summed E-state index contributed by atoms with van der Waals surface area (Å²) in [6.07, 6.45) is 3.95. The average Bonchev–Trinajstić information content (AvgIpc) is 3.12. The van der Waals surface area contributed by atoms with Crippen molar-refractivity contribution < 1.29 is 5.11 Å². The summed E-state index contributed by atoms with van der Waals surface area (Å²) < 4.78 is 0. The third-order valence-corrected chi connectivity index (χ3v) is 7.45. The molecule has 23 heavy (non-hydrogen) atoms. The molecule has 0 aromatic carbocycles. The number of hydrogen-bond donors (Lipinski definition) is 1. The predicted molar refractivity (Wildman–Crippen MR) is 104 cm³/mol. The molecule has 132 valence electrons. The molecule has 1 N–H and O–H groups in total. The fourth-order valence-electron chi connectivity index (χ4n) is 3.32. The molecule has 4 atom stereocenters. The van der Waals surface area contributed by atoms with E-state index in [0.717, 1.165) is 22.8 Å². The molecular formula is C18H32N2OS2. The van der Waals surface area contributed by atoms with Crippen LogP contribution in [0.2, 0.25) is 0 Å². The van der Waals surface area contributed by atoms with E-state index < -0.39 is 0 Å². The monoisotopic (exact) mass is 356 g/mol. The van der Waals surface area contributed by atoms with Gasteiger partial charge >= 0.3 is 0 Å². The second-order valence-electron chi connectivity index (χ2n) is 7.08. The predicted octanol–water partition coefficient (Wildman–Crippen LogP) is 2.25. The summed E-state index contributed by atoms with van der Waals surface area (Å²) in [5, 5.41) is 11.2. The summed E-state index contributed by atoms with van der Waals surface area (Å²) in [5.41, 5.74) is 0. The van der Waals surface area contributed by atoms with Crippen molar-refractivity contribution in [2.24, 2.45) is 5.92 Å². The Morgan fingerprint density at radius 2 is 1.91 bits per heavy atom. The maximum atomic E-state index is 8.84. The number of aliphatic hydroxyl groups excluding tert-OH is 1. The Labute approximate surface area is 150 Å². The minimum Gasteiger partial charge on any atom is -0.384 e. The van der Waals surface area contributed by atoms with Crippen molar-refractivity contribution in [3.63, 3.8) is 0 Å². The van der Waals surface area contributed by atoms with Gasteiger partial charge in [0, 0.05) is 53.6 Å². The van der Waals surface area contributed by atoms with E-state index >= 15 is 0 Å². The Morgan fingerprint density at radius 1 is 1.13 bits per heavy atom. The van der Waals surface area contributed by atoms with Crippen LogP contribution in [0, 0.1) is 17.8 Å². The Morgan fingerprint density at radius 3 is 2.57 bits per heavy atom. The van der Waals surface area contributed by atoms with Crippen LogP contribution >= 0.6 is 23.5 Å². The smallest absolute Gasteiger partial charge is 0.104 e. The SMILES string of the molecule is CC1CCC(CN(CCN(C)C)CC2CC(C#CCO)CS2)S1.